The Kier molecular flexibility index (Phi) is 8.37. The zero-order valence-corrected chi connectivity index (χ0v) is 21.1. The Bertz CT molecular complexity index is 1070. The molecular weight excluding hydrogens is 450 g/mol. The van der Waals surface area contributed by atoms with Crippen LogP contribution < -0.4 is 16.0 Å². The van der Waals surface area contributed by atoms with Gasteiger partial charge < -0.3 is 16.0 Å². The van der Waals surface area contributed by atoms with Crippen molar-refractivity contribution in [2.75, 3.05) is 5.32 Å². The highest BCUT2D eigenvalue weighted by Gasteiger charge is 2.21. The van der Waals surface area contributed by atoms with Gasteiger partial charge in [0.15, 0.2) is 0 Å². The Balaban J connectivity index is 1.70. The Labute approximate surface area is 206 Å². The van der Waals surface area contributed by atoms with Gasteiger partial charge in [0.05, 0.1) is 10.6 Å². The molecule has 6 nitrogen and oxygen atoms in total. The third-order valence-corrected chi connectivity index (χ3v) is 6.42. The lowest BCUT2D eigenvalue weighted by Crippen LogP contribution is -2.36. The van der Waals surface area contributed by atoms with Crippen molar-refractivity contribution in [2.45, 2.75) is 72.4 Å². The van der Waals surface area contributed by atoms with Gasteiger partial charge in [-0.15, -0.1) is 0 Å². The van der Waals surface area contributed by atoms with Gasteiger partial charge in [-0.05, 0) is 55.2 Å². The van der Waals surface area contributed by atoms with Crippen LogP contribution in [-0.2, 0) is 11.3 Å². The van der Waals surface area contributed by atoms with E-state index >= 15 is 0 Å². The van der Waals surface area contributed by atoms with Crippen molar-refractivity contribution in [1.82, 2.24) is 10.6 Å². The average Bonchev–Trinajstić information content (AvgIpc) is 2.79. The predicted octanol–water partition coefficient (Wildman–Crippen LogP) is 5.63. The van der Waals surface area contributed by atoms with Crippen LogP contribution in [0.25, 0.3) is 0 Å². The van der Waals surface area contributed by atoms with Gasteiger partial charge in [0, 0.05) is 29.3 Å². The summed E-state index contributed by atoms with van der Waals surface area (Å²) in [6.45, 7) is 7.70. The maximum atomic E-state index is 13.0. The van der Waals surface area contributed by atoms with Gasteiger partial charge in [0.2, 0.25) is 5.91 Å². The minimum atomic E-state index is -0.501. The lowest BCUT2D eigenvalue weighted by atomic mass is 9.95. The summed E-state index contributed by atoms with van der Waals surface area (Å²) in [6.07, 6.45) is 5.51. The number of amides is 3. The summed E-state index contributed by atoms with van der Waals surface area (Å²) in [7, 11) is 0. The van der Waals surface area contributed by atoms with Crippen LogP contribution in [0.5, 0.6) is 0 Å². The van der Waals surface area contributed by atoms with Crippen molar-refractivity contribution in [3.8, 4) is 0 Å². The zero-order valence-electron chi connectivity index (χ0n) is 20.4. The van der Waals surface area contributed by atoms with Crippen LogP contribution in [0.4, 0.5) is 5.69 Å². The van der Waals surface area contributed by atoms with Crippen molar-refractivity contribution in [1.29, 1.82) is 0 Å². The van der Waals surface area contributed by atoms with Gasteiger partial charge in [-0.2, -0.15) is 0 Å². The van der Waals surface area contributed by atoms with Gasteiger partial charge in [-0.3, -0.25) is 14.4 Å². The molecule has 0 heterocycles. The van der Waals surface area contributed by atoms with Crippen LogP contribution >= 0.6 is 11.6 Å². The molecule has 2 aromatic carbocycles. The Morgan fingerprint density at radius 1 is 0.941 bits per heavy atom. The summed E-state index contributed by atoms with van der Waals surface area (Å²) in [6, 6.07) is 10.6. The van der Waals surface area contributed by atoms with Crippen LogP contribution in [0.1, 0.15) is 84.7 Å². The van der Waals surface area contributed by atoms with Crippen molar-refractivity contribution >= 4 is 35.0 Å². The van der Waals surface area contributed by atoms with E-state index in [1.54, 1.807) is 30.3 Å². The van der Waals surface area contributed by atoms with Crippen molar-refractivity contribution in [2.24, 2.45) is 5.41 Å². The number of hydrogen-bond donors (Lipinski definition) is 3. The van der Waals surface area contributed by atoms with Crippen LogP contribution in [0.3, 0.4) is 0 Å². The molecule has 0 bridgehead atoms. The van der Waals surface area contributed by atoms with Gasteiger partial charge in [-0.25, -0.2) is 0 Å². The highest BCUT2D eigenvalue weighted by atomic mass is 35.5. The lowest BCUT2D eigenvalue weighted by Gasteiger charge is -2.23. The molecule has 3 N–H and O–H groups in total. The lowest BCUT2D eigenvalue weighted by molar-refractivity contribution is -0.128. The molecule has 3 amide bonds. The predicted molar refractivity (Wildman–Crippen MR) is 136 cm³/mol. The van der Waals surface area contributed by atoms with E-state index in [-0.39, 0.29) is 23.8 Å². The summed E-state index contributed by atoms with van der Waals surface area (Å²) in [5, 5.41) is 9.17. The van der Waals surface area contributed by atoms with Crippen molar-refractivity contribution < 1.29 is 14.4 Å². The molecule has 2 aromatic rings. The number of hydrogen-bond acceptors (Lipinski definition) is 3. The number of carbonyl (C=O) groups excluding carboxylic acids is 3. The summed E-state index contributed by atoms with van der Waals surface area (Å²) in [5.74, 6) is -0.571. The number of rotatable bonds is 6. The number of halogens is 1. The number of nitrogens with one attached hydrogen (secondary N) is 3. The van der Waals surface area contributed by atoms with E-state index in [9.17, 15) is 14.4 Å². The first-order valence-corrected chi connectivity index (χ1v) is 12.2. The van der Waals surface area contributed by atoms with Gasteiger partial charge in [0.1, 0.15) is 0 Å². The number of aryl methyl sites for hydroxylation is 1. The first-order chi connectivity index (χ1) is 16.0. The second-order valence-electron chi connectivity index (χ2n) is 10.0. The first kappa shape index (κ1) is 25.8. The Hall–Kier alpha value is -2.86. The minimum Gasteiger partial charge on any atom is -0.352 e. The van der Waals surface area contributed by atoms with E-state index < -0.39 is 5.41 Å². The molecular formula is C27H34ClN3O3. The molecule has 0 spiro atoms. The van der Waals surface area contributed by atoms with E-state index in [1.165, 1.54) is 6.42 Å². The fraction of sp³-hybridized carbons (Fsp3) is 0.444. The number of carbonyl (C=O) groups is 3. The number of benzene rings is 2. The van der Waals surface area contributed by atoms with E-state index in [4.69, 9.17) is 11.6 Å². The quantitative estimate of drug-likeness (QED) is 0.497. The van der Waals surface area contributed by atoms with E-state index in [0.717, 1.165) is 36.8 Å². The maximum absolute atomic E-state index is 13.0. The Morgan fingerprint density at radius 3 is 2.32 bits per heavy atom. The second-order valence-corrected chi connectivity index (χ2v) is 10.4. The highest BCUT2D eigenvalue weighted by molar-refractivity contribution is 6.34. The Morgan fingerprint density at radius 2 is 1.65 bits per heavy atom. The fourth-order valence-corrected chi connectivity index (χ4v) is 4.16. The van der Waals surface area contributed by atoms with Crippen LogP contribution in [0.15, 0.2) is 36.4 Å². The topological polar surface area (TPSA) is 87.3 Å². The molecule has 0 aromatic heterocycles. The van der Waals surface area contributed by atoms with Crippen molar-refractivity contribution in [3.05, 3.63) is 63.7 Å². The molecule has 3 rings (SSSR count). The van der Waals surface area contributed by atoms with Gasteiger partial charge >= 0.3 is 0 Å². The molecule has 1 fully saturated rings. The summed E-state index contributed by atoms with van der Waals surface area (Å²) < 4.78 is 0. The molecule has 0 unspecified atom stereocenters. The molecule has 7 heteroatoms. The zero-order chi connectivity index (χ0) is 24.9. The fourth-order valence-electron chi connectivity index (χ4n) is 3.96. The molecule has 0 saturated heterocycles. The third kappa shape index (κ3) is 6.83. The largest absolute Gasteiger partial charge is 0.352 e. The molecule has 1 aliphatic rings. The molecule has 34 heavy (non-hydrogen) atoms. The molecule has 1 saturated carbocycles. The minimum absolute atomic E-state index is 0.0767. The van der Waals surface area contributed by atoms with E-state index in [0.29, 0.717) is 28.4 Å². The average molecular weight is 484 g/mol. The molecule has 0 atom stereocenters. The first-order valence-electron chi connectivity index (χ1n) is 11.8. The molecule has 0 radical (unpaired) electrons. The van der Waals surface area contributed by atoms with E-state index in [2.05, 4.69) is 16.0 Å². The molecule has 1 aliphatic carbocycles. The standard InChI is InChI=1S/C27H34ClN3O3/c1-17-10-12-20(15-21(17)24(32)30-19-8-6-5-7-9-19)31-25(33)22-14-18(11-13-23(22)28)16-29-26(34)27(2,3)4/h10-15,19H,5-9,16H2,1-4H3,(H,29,34)(H,30,32)(H,31,33). The highest BCUT2D eigenvalue weighted by Crippen LogP contribution is 2.23. The normalized spacial score (nSPS) is 14.4. The summed E-state index contributed by atoms with van der Waals surface area (Å²) in [4.78, 5) is 38.0. The van der Waals surface area contributed by atoms with E-state index in [1.807, 2.05) is 33.8 Å². The second kappa shape index (κ2) is 11.0. The molecule has 182 valence electrons. The third-order valence-electron chi connectivity index (χ3n) is 6.09. The SMILES string of the molecule is Cc1ccc(NC(=O)c2cc(CNC(=O)C(C)(C)C)ccc2Cl)cc1C(=O)NC1CCCCC1. The van der Waals surface area contributed by atoms with Crippen LogP contribution in [-0.4, -0.2) is 23.8 Å². The van der Waals surface area contributed by atoms with Gasteiger partial charge in [-0.1, -0.05) is 63.8 Å². The molecule has 0 aliphatic heterocycles. The monoisotopic (exact) mass is 483 g/mol. The van der Waals surface area contributed by atoms with Crippen LogP contribution in [0, 0.1) is 12.3 Å². The smallest absolute Gasteiger partial charge is 0.257 e. The van der Waals surface area contributed by atoms with Gasteiger partial charge in [0.25, 0.3) is 11.8 Å². The summed E-state index contributed by atoms with van der Waals surface area (Å²) in [5.41, 5.74) is 2.49. The van der Waals surface area contributed by atoms with Crippen molar-refractivity contribution in [3.63, 3.8) is 0 Å². The maximum Gasteiger partial charge on any atom is 0.257 e. The summed E-state index contributed by atoms with van der Waals surface area (Å²) >= 11 is 6.30. The number of anilines is 1. The van der Waals surface area contributed by atoms with Crippen LogP contribution in [0.2, 0.25) is 5.02 Å².